The normalized spacial score (nSPS) is 14.5. The molecule has 3 heterocycles. The van der Waals surface area contributed by atoms with Gasteiger partial charge in [-0.2, -0.15) is 13.2 Å². The molecule has 0 radical (unpaired) electrons. The third-order valence-electron chi connectivity index (χ3n) is 5.67. The Morgan fingerprint density at radius 2 is 1.81 bits per heavy atom. The van der Waals surface area contributed by atoms with Gasteiger partial charge in [0.25, 0.3) is 5.91 Å². The second-order valence-corrected chi connectivity index (χ2v) is 9.05. The van der Waals surface area contributed by atoms with Gasteiger partial charge in [-0.3, -0.25) is 14.8 Å². The average molecular weight is 548 g/mol. The van der Waals surface area contributed by atoms with Crippen molar-refractivity contribution >= 4 is 42.0 Å². The number of alkyl halides is 3. The van der Waals surface area contributed by atoms with Crippen LogP contribution in [0.3, 0.4) is 0 Å². The van der Waals surface area contributed by atoms with E-state index < -0.39 is 11.7 Å². The van der Waals surface area contributed by atoms with Crippen molar-refractivity contribution in [2.75, 3.05) is 31.1 Å². The number of anilines is 1. The zero-order valence-corrected chi connectivity index (χ0v) is 20.9. The average Bonchev–Trinajstić information content (AvgIpc) is 2.91. The van der Waals surface area contributed by atoms with Crippen molar-refractivity contribution < 1.29 is 18.0 Å². The molecule has 0 aliphatic carbocycles. The van der Waals surface area contributed by atoms with Crippen molar-refractivity contribution in [3.05, 3.63) is 70.6 Å². The van der Waals surface area contributed by atoms with Gasteiger partial charge in [-0.15, -0.1) is 0 Å². The summed E-state index contributed by atoms with van der Waals surface area (Å²) in [6.45, 7) is 5.10. The lowest BCUT2D eigenvalue weighted by atomic mass is 10.0. The molecule has 8 nitrogen and oxygen atoms in total. The van der Waals surface area contributed by atoms with Crippen LogP contribution in [0.5, 0.6) is 0 Å². The first kappa shape index (κ1) is 26.4. The van der Waals surface area contributed by atoms with Gasteiger partial charge in [0.05, 0.1) is 22.5 Å². The number of piperazine rings is 1. The van der Waals surface area contributed by atoms with E-state index in [1.54, 1.807) is 23.4 Å². The maximum atomic E-state index is 13.1. The molecule has 13 heteroatoms. The minimum Gasteiger partial charge on any atom is -0.394 e. The molecule has 0 saturated carbocycles. The monoisotopic (exact) mass is 547 g/mol. The number of carbonyl (C=O) groups excluding carboxylic acids is 1. The number of pyridine rings is 1. The fourth-order valence-corrected chi connectivity index (χ4v) is 4.28. The van der Waals surface area contributed by atoms with E-state index in [-0.39, 0.29) is 11.6 Å². The van der Waals surface area contributed by atoms with Gasteiger partial charge in [-0.05, 0) is 24.9 Å². The molecule has 3 aromatic rings. The molecule has 1 amide bonds. The van der Waals surface area contributed by atoms with Crippen molar-refractivity contribution in [3.8, 4) is 22.5 Å². The van der Waals surface area contributed by atoms with Crippen LogP contribution in [0.4, 0.5) is 19.0 Å². The smallest absolute Gasteiger partial charge is 0.394 e. The molecule has 1 aromatic carbocycles. The summed E-state index contributed by atoms with van der Waals surface area (Å²) >= 11 is 7.38. The van der Waals surface area contributed by atoms with Crippen LogP contribution in [0.25, 0.3) is 22.5 Å². The molecule has 4 rings (SSSR count). The standard InChI is InChI=1S/C24H21ClF3N7OS/c1-30-37-14-19(29)23(36)35-10-8-34(9-11-35)20-13-32-21(15-2-4-16(5-3-15)24(26,27)28)22(33-20)17-6-7-31-12-18(17)25/h2-7,12-14H,1,8-11,29H2/b19-14-. The second-order valence-electron chi connectivity index (χ2n) is 7.94. The van der Waals surface area contributed by atoms with Crippen molar-refractivity contribution in [2.45, 2.75) is 6.18 Å². The number of aromatic nitrogens is 3. The van der Waals surface area contributed by atoms with E-state index in [1.807, 2.05) is 4.90 Å². The van der Waals surface area contributed by atoms with Crippen molar-refractivity contribution in [1.29, 1.82) is 0 Å². The third-order valence-corrected chi connectivity index (χ3v) is 6.47. The molecule has 0 atom stereocenters. The van der Waals surface area contributed by atoms with Crippen LogP contribution >= 0.6 is 23.5 Å². The van der Waals surface area contributed by atoms with E-state index in [0.29, 0.717) is 59.5 Å². The van der Waals surface area contributed by atoms with Crippen LogP contribution in [0.2, 0.25) is 5.02 Å². The summed E-state index contributed by atoms with van der Waals surface area (Å²) in [6, 6.07) is 6.39. The quantitative estimate of drug-likeness (QED) is 0.272. The number of benzene rings is 1. The summed E-state index contributed by atoms with van der Waals surface area (Å²) in [6.07, 6.45) is 0.124. The first-order chi connectivity index (χ1) is 17.7. The van der Waals surface area contributed by atoms with E-state index in [2.05, 4.69) is 21.1 Å². The molecule has 0 unspecified atom stereocenters. The minimum absolute atomic E-state index is 0.0844. The van der Waals surface area contributed by atoms with Gasteiger partial charge in [-0.1, -0.05) is 23.7 Å². The lowest BCUT2D eigenvalue weighted by molar-refractivity contribution is -0.137. The van der Waals surface area contributed by atoms with E-state index in [0.717, 1.165) is 24.1 Å². The zero-order chi connectivity index (χ0) is 26.6. The zero-order valence-electron chi connectivity index (χ0n) is 19.3. The topological polar surface area (TPSA) is 101 Å². The molecule has 0 bridgehead atoms. The summed E-state index contributed by atoms with van der Waals surface area (Å²) in [7, 11) is 0. The molecule has 1 fully saturated rings. The van der Waals surface area contributed by atoms with E-state index >= 15 is 0 Å². The summed E-state index contributed by atoms with van der Waals surface area (Å²) in [5.74, 6) is 0.254. The predicted molar refractivity (Wildman–Crippen MR) is 139 cm³/mol. The Bertz CT molecular complexity index is 1330. The Morgan fingerprint density at radius 1 is 1.11 bits per heavy atom. The number of hydrogen-bond acceptors (Lipinski definition) is 8. The second kappa shape index (κ2) is 11.2. The number of amides is 1. The molecule has 2 aromatic heterocycles. The molecular weight excluding hydrogens is 527 g/mol. The highest BCUT2D eigenvalue weighted by atomic mass is 35.5. The Morgan fingerprint density at radius 3 is 2.43 bits per heavy atom. The maximum Gasteiger partial charge on any atom is 0.416 e. The highest BCUT2D eigenvalue weighted by molar-refractivity contribution is 8.01. The van der Waals surface area contributed by atoms with Crippen LogP contribution in [0, 0.1) is 0 Å². The van der Waals surface area contributed by atoms with Crippen molar-refractivity contribution in [2.24, 2.45) is 10.1 Å². The number of halogens is 4. The van der Waals surface area contributed by atoms with Gasteiger partial charge in [0.1, 0.15) is 17.2 Å². The Hall–Kier alpha value is -3.64. The van der Waals surface area contributed by atoms with Gasteiger partial charge >= 0.3 is 6.18 Å². The predicted octanol–water partition coefficient (Wildman–Crippen LogP) is 4.68. The first-order valence-electron chi connectivity index (χ1n) is 11.0. The minimum atomic E-state index is -4.45. The molecule has 2 N–H and O–H groups in total. The van der Waals surface area contributed by atoms with Crippen molar-refractivity contribution in [1.82, 2.24) is 19.9 Å². The van der Waals surface area contributed by atoms with E-state index in [9.17, 15) is 18.0 Å². The van der Waals surface area contributed by atoms with Gasteiger partial charge < -0.3 is 15.5 Å². The molecule has 1 aliphatic rings. The number of hydrogen-bond donors (Lipinski definition) is 1. The summed E-state index contributed by atoms with van der Waals surface area (Å²) < 4.78 is 42.8. The largest absolute Gasteiger partial charge is 0.416 e. The fraction of sp³-hybridized carbons (Fsp3) is 0.208. The molecule has 0 spiro atoms. The highest BCUT2D eigenvalue weighted by Crippen LogP contribution is 2.36. The maximum absolute atomic E-state index is 13.1. The van der Waals surface area contributed by atoms with Crippen LogP contribution < -0.4 is 10.6 Å². The van der Waals surface area contributed by atoms with E-state index in [1.165, 1.54) is 23.7 Å². The summed E-state index contributed by atoms with van der Waals surface area (Å²) in [4.78, 5) is 29.5. The molecule has 1 aliphatic heterocycles. The molecular formula is C24H21ClF3N7OS. The lowest BCUT2D eigenvalue weighted by Crippen LogP contribution is -2.50. The summed E-state index contributed by atoms with van der Waals surface area (Å²) in [5.41, 5.74) is 6.94. The van der Waals surface area contributed by atoms with Gasteiger partial charge in [0.2, 0.25) is 0 Å². The van der Waals surface area contributed by atoms with Gasteiger partial charge in [0.15, 0.2) is 0 Å². The van der Waals surface area contributed by atoms with Crippen LogP contribution in [-0.2, 0) is 11.0 Å². The molecule has 192 valence electrons. The SMILES string of the molecule is C=NS/C=C(\N)C(=O)N1CCN(c2cnc(-c3ccc(C(F)(F)F)cc3)c(-c3ccncc3Cl)n2)CC1. The molecule has 1 saturated heterocycles. The fourth-order valence-electron chi connectivity index (χ4n) is 3.78. The number of carbonyl (C=O) groups is 1. The van der Waals surface area contributed by atoms with Crippen LogP contribution in [0.15, 0.2) is 64.4 Å². The highest BCUT2D eigenvalue weighted by Gasteiger charge is 2.30. The Balaban J connectivity index is 1.63. The van der Waals surface area contributed by atoms with Crippen molar-refractivity contribution in [3.63, 3.8) is 0 Å². The van der Waals surface area contributed by atoms with Gasteiger partial charge in [0, 0.05) is 67.1 Å². The van der Waals surface area contributed by atoms with Crippen LogP contribution in [0.1, 0.15) is 5.56 Å². The molecule has 37 heavy (non-hydrogen) atoms. The summed E-state index contributed by atoms with van der Waals surface area (Å²) in [5, 5.41) is 1.77. The number of rotatable bonds is 6. The van der Waals surface area contributed by atoms with Crippen LogP contribution in [-0.4, -0.2) is 58.7 Å². The number of nitrogens with zero attached hydrogens (tertiary/aromatic N) is 6. The van der Waals surface area contributed by atoms with Gasteiger partial charge in [-0.25, -0.2) is 9.38 Å². The lowest BCUT2D eigenvalue weighted by Gasteiger charge is -2.35. The third kappa shape index (κ3) is 6.03. The number of nitrogens with two attached hydrogens (primary N) is 1. The Kier molecular flexibility index (Phi) is 7.98. The van der Waals surface area contributed by atoms with E-state index in [4.69, 9.17) is 22.3 Å². The Labute approximate surface area is 220 Å². The first-order valence-corrected chi connectivity index (χ1v) is 12.2.